The van der Waals surface area contributed by atoms with E-state index in [9.17, 15) is 4.79 Å². The van der Waals surface area contributed by atoms with Crippen LogP contribution in [0.15, 0.2) is 47.2 Å². The summed E-state index contributed by atoms with van der Waals surface area (Å²) in [5, 5.41) is 5.92. The molecule has 140 valence electrons. The molecule has 7 nitrogen and oxygen atoms in total. The van der Waals surface area contributed by atoms with Gasteiger partial charge in [-0.25, -0.2) is 0 Å². The average Bonchev–Trinajstić information content (AvgIpc) is 3.35. The second-order valence-electron chi connectivity index (χ2n) is 6.98. The summed E-state index contributed by atoms with van der Waals surface area (Å²) in [4.78, 5) is 20.7. The Hall–Kier alpha value is -2.93. The predicted octanol–water partition coefficient (Wildman–Crippen LogP) is 2.58. The van der Waals surface area contributed by atoms with Gasteiger partial charge in [0.15, 0.2) is 11.5 Å². The molecule has 1 aliphatic heterocycles. The molecule has 0 N–H and O–H groups in total. The van der Waals surface area contributed by atoms with Crippen molar-refractivity contribution >= 4 is 16.7 Å². The minimum Gasteiger partial charge on any atom is -0.485 e. The van der Waals surface area contributed by atoms with Gasteiger partial charge in [0.05, 0.1) is 0 Å². The number of carbonyl (C=O) groups is 1. The first-order valence-corrected chi connectivity index (χ1v) is 8.98. The Morgan fingerprint density at radius 2 is 2.26 bits per heavy atom. The maximum atomic E-state index is 12.6. The van der Waals surface area contributed by atoms with Crippen LogP contribution in [0.3, 0.4) is 0 Å². The normalized spacial score (nSPS) is 17.0. The molecule has 1 atom stereocenters. The molecule has 1 saturated heterocycles. The Kier molecular flexibility index (Phi) is 4.77. The summed E-state index contributed by atoms with van der Waals surface area (Å²) >= 11 is 0. The molecule has 1 aromatic carbocycles. The number of rotatable bonds is 5. The van der Waals surface area contributed by atoms with Gasteiger partial charge in [-0.3, -0.25) is 9.78 Å². The third-order valence-corrected chi connectivity index (χ3v) is 4.97. The molecule has 1 fully saturated rings. The molecule has 0 unspecified atom stereocenters. The van der Waals surface area contributed by atoms with Crippen molar-refractivity contribution in [2.24, 2.45) is 0 Å². The van der Waals surface area contributed by atoms with Crippen LogP contribution in [0.5, 0.6) is 5.75 Å². The van der Waals surface area contributed by atoms with Crippen LogP contribution in [0.25, 0.3) is 10.8 Å². The molecular weight excluding hydrogens is 344 g/mol. The second kappa shape index (κ2) is 7.36. The lowest BCUT2D eigenvalue weighted by atomic mass is 10.1. The number of benzene rings is 1. The van der Waals surface area contributed by atoms with Crippen molar-refractivity contribution in [1.29, 1.82) is 0 Å². The monoisotopic (exact) mass is 366 g/mol. The molecule has 4 rings (SSSR count). The quantitative estimate of drug-likeness (QED) is 0.691. The van der Waals surface area contributed by atoms with Crippen molar-refractivity contribution in [2.45, 2.75) is 19.1 Å². The van der Waals surface area contributed by atoms with E-state index in [0.29, 0.717) is 24.0 Å². The first kappa shape index (κ1) is 17.5. The minimum absolute atomic E-state index is 0.0921. The van der Waals surface area contributed by atoms with E-state index in [1.54, 1.807) is 18.5 Å². The zero-order chi connectivity index (χ0) is 18.8. The summed E-state index contributed by atoms with van der Waals surface area (Å²) in [7, 11) is 4.07. The van der Waals surface area contributed by atoms with E-state index in [4.69, 9.17) is 9.26 Å². The van der Waals surface area contributed by atoms with Crippen molar-refractivity contribution in [2.75, 3.05) is 27.2 Å². The highest BCUT2D eigenvalue weighted by molar-refractivity contribution is 5.92. The summed E-state index contributed by atoms with van der Waals surface area (Å²) in [6.45, 7) is 1.67. The number of amides is 1. The van der Waals surface area contributed by atoms with E-state index in [-0.39, 0.29) is 12.5 Å². The van der Waals surface area contributed by atoms with E-state index in [2.05, 4.69) is 15.0 Å². The van der Waals surface area contributed by atoms with Crippen LogP contribution in [0.4, 0.5) is 0 Å². The van der Waals surface area contributed by atoms with Gasteiger partial charge in [-0.15, -0.1) is 0 Å². The van der Waals surface area contributed by atoms with Crippen molar-refractivity contribution in [1.82, 2.24) is 19.9 Å². The third kappa shape index (κ3) is 3.64. The molecule has 1 amide bonds. The minimum atomic E-state index is -0.0921. The molecular formula is C20H22N4O3. The lowest BCUT2D eigenvalue weighted by Gasteiger charge is -2.19. The SMILES string of the molecule is CN(C)[C@@H]1CCN(C(=O)c2cc(COc3cccc4cnccc34)on2)C1. The van der Waals surface area contributed by atoms with Crippen LogP contribution in [-0.4, -0.2) is 59.1 Å². The number of carbonyl (C=O) groups excluding carboxylic acids is 1. The Morgan fingerprint density at radius 3 is 3.07 bits per heavy atom. The zero-order valence-corrected chi connectivity index (χ0v) is 15.5. The Morgan fingerprint density at radius 1 is 1.37 bits per heavy atom. The number of likely N-dealkylation sites (tertiary alicyclic amines) is 1. The molecule has 27 heavy (non-hydrogen) atoms. The number of pyridine rings is 1. The van der Waals surface area contributed by atoms with Crippen LogP contribution < -0.4 is 4.74 Å². The summed E-state index contributed by atoms with van der Waals surface area (Å²) in [5.41, 5.74) is 0.329. The van der Waals surface area contributed by atoms with Gasteiger partial charge < -0.3 is 19.1 Å². The summed E-state index contributed by atoms with van der Waals surface area (Å²) in [6, 6.07) is 9.77. The second-order valence-corrected chi connectivity index (χ2v) is 6.98. The average molecular weight is 366 g/mol. The zero-order valence-electron chi connectivity index (χ0n) is 15.5. The van der Waals surface area contributed by atoms with Crippen molar-refractivity contribution in [3.05, 3.63) is 54.2 Å². The Bertz CT molecular complexity index is 948. The van der Waals surface area contributed by atoms with E-state index in [1.165, 1.54) is 0 Å². The molecule has 7 heteroatoms. The van der Waals surface area contributed by atoms with Gasteiger partial charge in [0.2, 0.25) is 0 Å². The Labute approximate surface area is 157 Å². The molecule has 0 radical (unpaired) electrons. The molecule has 1 aliphatic rings. The maximum Gasteiger partial charge on any atom is 0.276 e. The van der Waals surface area contributed by atoms with E-state index in [1.807, 2.05) is 43.3 Å². The largest absolute Gasteiger partial charge is 0.485 e. The van der Waals surface area contributed by atoms with Crippen LogP contribution in [0.1, 0.15) is 22.7 Å². The van der Waals surface area contributed by atoms with Crippen LogP contribution >= 0.6 is 0 Å². The maximum absolute atomic E-state index is 12.6. The number of aromatic nitrogens is 2. The van der Waals surface area contributed by atoms with Gasteiger partial charge in [-0.2, -0.15) is 0 Å². The van der Waals surface area contributed by atoms with Crippen LogP contribution in [-0.2, 0) is 6.61 Å². The van der Waals surface area contributed by atoms with Crippen LogP contribution in [0.2, 0.25) is 0 Å². The summed E-state index contributed by atoms with van der Waals surface area (Å²) in [5.74, 6) is 1.17. The van der Waals surface area contributed by atoms with Crippen LogP contribution in [0, 0.1) is 0 Å². The highest BCUT2D eigenvalue weighted by Crippen LogP contribution is 2.25. The van der Waals surface area contributed by atoms with Gasteiger partial charge in [0, 0.05) is 48.4 Å². The number of nitrogens with zero attached hydrogens (tertiary/aromatic N) is 4. The number of likely N-dealkylation sites (N-methyl/N-ethyl adjacent to an activating group) is 1. The van der Waals surface area contributed by atoms with E-state index >= 15 is 0 Å². The molecule has 0 spiro atoms. The lowest BCUT2D eigenvalue weighted by Crippen LogP contribution is -2.34. The van der Waals surface area contributed by atoms with Gasteiger partial charge in [0.1, 0.15) is 12.4 Å². The fourth-order valence-corrected chi connectivity index (χ4v) is 3.36. The third-order valence-electron chi connectivity index (χ3n) is 4.97. The number of hydrogen-bond donors (Lipinski definition) is 0. The van der Waals surface area contributed by atoms with E-state index in [0.717, 1.165) is 29.5 Å². The molecule has 0 bridgehead atoms. The topological polar surface area (TPSA) is 71.7 Å². The summed E-state index contributed by atoms with van der Waals surface area (Å²) < 4.78 is 11.2. The van der Waals surface area contributed by atoms with Gasteiger partial charge in [0.25, 0.3) is 5.91 Å². The fourth-order valence-electron chi connectivity index (χ4n) is 3.36. The highest BCUT2D eigenvalue weighted by Gasteiger charge is 2.29. The lowest BCUT2D eigenvalue weighted by molar-refractivity contribution is 0.0772. The van der Waals surface area contributed by atoms with Crippen molar-refractivity contribution in [3.63, 3.8) is 0 Å². The molecule has 3 heterocycles. The smallest absolute Gasteiger partial charge is 0.276 e. The Balaban J connectivity index is 1.42. The van der Waals surface area contributed by atoms with E-state index < -0.39 is 0 Å². The highest BCUT2D eigenvalue weighted by atomic mass is 16.5. The first-order valence-electron chi connectivity index (χ1n) is 8.98. The molecule has 2 aromatic heterocycles. The molecule has 0 aliphatic carbocycles. The number of hydrogen-bond acceptors (Lipinski definition) is 6. The van der Waals surface area contributed by atoms with Gasteiger partial charge in [-0.1, -0.05) is 17.3 Å². The predicted molar refractivity (Wildman–Crippen MR) is 101 cm³/mol. The standard InChI is InChI=1S/C20H22N4O3/c1-23(2)15-7-9-24(12-15)20(25)18-10-16(27-22-18)13-26-19-5-3-4-14-11-21-8-6-17(14)19/h3-6,8,10-11,15H,7,9,12-13H2,1-2H3/t15-/m1/s1. The first-order chi connectivity index (χ1) is 13.1. The van der Waals surface area contributed by atoms with Gasteiger partial charge >= 0.3 is 0 Å². The number of ether oxygens (including phenoxy) is 1. The van der Waals surface area contributed by atoms with Crippen molar-refractivity contribution < 1.29 is 14.1 Å². The van der Waals surface area contributed by atoms with Gasteiger partial charge in [-0.05, 0) is 32.6 Å². The number of fused-ring (bicyclic) bond motifs is 1. The fraction of sp³-hybridized carbons (Fsp3) is 0.350. The molecule has 3 aromatic rings. The molecule has 0 saturated carbocycles. The van der Waals surface area contributed by atoms with Crippen molar-refractivity contribution in [3.8, 4) is 5.75 Å². The summed E-state index contributed by atoms with van der Waals surface area (Å²) in [6.07, 6.45) is 4.50.